The molecule has 0 N–H and O–H groups in total. The van der Waals surface area contributed by atoms with Gasteiger partial charge in [0.25, 0.3) is 11.8 Å². The molecule has 0 aliphatic carbocycles. The highest BCUT2D eigenvalue weighted by Crippen LogP contribution is 2.42. The van der Waals surface area contributed by atoms with Crippen LogP contribution in [0.3, 0.4) is 0 Å². The maximum absolute atomic E-state index is 13.5. The van der Waals surface area contributed by atoms with E-state index >= 15 is 0 Å². The van der Waals surface area contributed by atoms with Crippen molar-refractivity contribution in [2.24, 2.45) is 0 Å². The fourth-order valence-electron chi connectivity index (χ4n) is 3.40. The highest BCUT2D eigenvalue weighted by molar-refractivity contribution is 8.04. The summed E-state index contributed by atoms with van der Waals surface area (Å²) in [5.41, 5.74) is 2.51. The Morgan fingerprint density at radius 1 is 0.903 bits per heavy atom. The zero-order valence-electron chi connectivity index (χ0n) is 17.1. The Morgan fingerprint density at radius 3 is 2.23 bits per heavy atom. The highest BCUT2D eigenvalue weighted by atomic mass is 35.5. The largest absolute Gasteiger partial charge is 0.494 e. The lowest BCUT2D eigenvalue weighted by atomic mass is 10.1. The molecule has 4 rings (SSSR count). The monoisotopic (exact) mass is 449 g/mol. The van der Waals surface area contributed by atoms with Gasteiger partial charge in [-0.2, -0.15) is 0 Å². The fraction of sp³-hybridized carbons (Fsp3) is 0.120. The summed E-state index contributed by atoms with van der Waals surface area (Å²) in [6.07, 6.45) is 0. The van der Waals surface area contributed by atoms with Gasteiger partial charge in [0.2, 0.25) is 0 Å². The molecule has 0 saturated carbocycles. The smallest absolute Gasteiger partial charge is 0.272 e. The molecule has 3 aromatic carbocycles. The number of ether oxygens (including phenoxy) is 1. The number of hydrogen-bond donors (Lipinski definition) is 0. The Labute approximate surface area is 190 Å². The first-order valence-corrected chi connectivity index (χ1v) is 11.0. The van der Waals surface area contributed by atoms with Crippen molar-refractivity contribution in [3.05, 3.63) is 93.9 Å². The SMILES string of the molecule is CCOc1ccc(C2=C(Sc3ccc(Cl)cc3)C(=O)N(c3ccccc3C)C2=O)cc1. The number of carbonyl (C=O) groups is 2. The van der Waals surface area contributed by atoms with Gasteiger partial charge in [-0.25, -0.2) is 4.90 Å². The van der Waals surface area contributed by atoms with Gasteiger partial charge in [-0.3, -0.25) is 9.59 Å². The quantitative estimate of drug-likeness (QED) is 0.425. The molecular weight excluding hydrogens is 430 g/mol. The van der Waals surface area contributed by atoms with E-state index in [0.717, 1.165) is 10.5 Å². The molecule has 0 radical (unpaired) electrons. The van der Waals surface area contributed by atoms with Crippen LogP contribution in [0.2, 0.25) is 5.02 Å². The van der Waals surface area contributed by atoms with Crippen LogP contribution in [0.5, 0.6) is 5.75 Å². The Kier molecular flexibility index (Phi) is 6.16. The van der Waals surface area contributed by atoms with Crippen molar-refractivity contribution in [1.82, 2.24) is 0 Å². The Balaban J connectivity index is 1.80. The first-order chi connectivity index (χ1) is 15.0. The van der Waals surface area contributed by atoms with E-state index in [9.17, 15) is 9.59 Å². The number of carbonyl (C=O) groups excluding carboxylic acids is 2. The van der Waals surface area contributed by atoms with E-state index in [1.807, 2.05) is 68.4 Å². The number of nitrogens with zero attached hydrogens (tertiary/aromatic N) is 1. The number of thioether (sulfide) groups is 1. The first-order valence-electron chi connectivity index (χ1n) is 9.85. The molecule has 0 aromatic heterocycles. The number of halogens is 1. The number of hydrogen-bond acceptors (Lipinski definition) is 4. The van der Waals surface area contributed by atoms with E-state index in [1.165, 1.54) is 16.7 Å². The molecule has 156 valence electrons. The number of amides is 2. The molecule has 0 bridgehead atoms. The number of anilines is 1. The third kappa shape index (κ3) is 4.24. The summed E-state index contributed by atoms with van der Waals surface area (Å²) < 4.78 is 5.52. The number of para-hydroxylation sites is 1. The maximum Gasteiger partial charge on any atom is 0.272 e. The fourth-order valence-corrected chi connectivity index (χ4v) is 4.52. The average Bonchev–Trinajstić information content (AvgIpc) is 3.00. The zero-order chi connectivity index (χ0) is 22.0. The Bertz CT molecular complexity index is 1170. The van der Waals surface area contributed by atoms with Crippen LogP contribution in [-0.2, 0) is 9.59 Å². The van der Waals surface area contributed by atoms with E-state index in [-0.39, 0.29) is 11.8 Å². The van der Waals surface area contributed by atoms with Crippen LogP contribution >= 0.6 is 23.4 Å². The molecule has 0 fully saturated rings. The third-order valence-electron chi connectivity index (χ3n) is 4.89. The summed E-state index contributed by atoms with van der Waals surface area (Å²) in [6.45, 7) is 4.35. The molecule has 31 heavy (non-hydrogen) atoms. The second-order valence-electron chi connectivity index (χ2n) is 6.95. The van der Waals surface area contributed by atoms with Crippen LogP contribution in [0.25, 0.3) is 5.57 Å². The maximum atomic E-state index is 13.5. The Hall–Kier alpha value is -3.02. The lowest BCUT2D eigenvalue weighted by molar-refractivity contribution is -0.119. The van der Waals surface area contributed by atoms with Crippen molar-refractivity contribution in [2.75, 3.05) is 11.5 Å². The minimum Gasteiger partial charge on any atom is -0.494 e. The molecular formula is C25H20ClNO3S. The predicted octanol–water partition coefficient (Wildman–Crippen LogP) is 6.12. The molecule has 0 unspecified atom stereocenters. The van der Waals surface area contributed by atoms with Crippen molar-refractivity contribution in [3.8, 4) is 5.75 Å². The van der Waals surface area contributed by atoms with Crippen LogP contribution < -0.4 is 9.64 Å². The number of imide groups is 1. The molecule has 0 atom stereocenters. The van der Waals surface area contributed by atoms with Gasteiger partial charge in [0.15, 0.2) is 0 Å². The molecule has 1 heterocycles. The molecule has 1 aliphatic heterocycles. The van der Waals surface area contributed by atoms with Gasteiger partial charge in [0.1, 0.15) is 5.75 Å². The van der Waals surface area contributed by atoms with Gasteiger partial charge in [0, 0.05) is 9.92 Å². The van der Waals surface area contributed by atoms with Crippen molar-refractivity contribution in [3.63, 3.8) is 0 Å². The lowest BCUT2D eigenvalue weighted by Crippen LogP contribution is -2.31. The predicted molar refractivity (Wildman–Crippen MR) is 126 cm³/mol. The van der Waals surface area contributed by atoms with Gasteiger partial charge < -0.3 is 4.74 Å². The van der Waals surface area contributed by atoms with E-state index in [1.54, 1.807) is 18.2 Å². The van der Waals surface area contributed by atoms with Gasteiger partial charge in [0.05, 0.1) is 22.8 Å². The van der Waals surface area contributed by atoms with Gasteiger partial charge in [-0.15, -0.1) is 0 Å². The third-order valence-corrected chi connectivity index (χ3v) is 6.23. The van der Waals surface area contributed by atoms with Crippen LogP contribution in [0.4, 0.5) is 5.69 Å². The average molecular weight is 450 g/mol. The van der Waals surface area contributed by atoms with E-state index in [2.05, 4.69) is 0 Å². The molecule has 0 saturated heterocycles. The second kappa shape index (κ2) is 9.00. The van der Waals surface area contributed by atoms with E-state index < -0.39 is 0 Å². The minimum absolute atomic E-state index is 0.330. The highest BCUT2D eigenvalue weighted by Gasteiger charge is 2.40. The topological polar surface area (TPSA) is 46.6 Å². The van der Waals surface area contributed by atoms with Gasteiger partial charge >= 0.3 is 0 Å². The van der Waals surface area contributed by atoms with Crippen molar-refractivity contribution in [1.29, 1.82) is 0 Å². The van der Waals surface area contributed by atoms with Gasteiger partial charge in [-0.05, 0) is 67.4 Å². The van der Waals surface area contributed by atoms with Crippen molar-refractivity contribution < 1.29 is 14.3 Å². The number of benzene rings is 3. The molecule has 3 aromatic rings. The summed E-state index contributed by atoms with van der Waals surface area (Å²) in [5.74, 6) is 0.0503. The first kappa shape index (κ1) is 21.2. The lowest BCUT2D eigenvalue weighted by Gasteiger charge is -2.17. The summed E-state index contributed by atoms with van der Waals surface area (Å²) >= 11 is 7.27. The molecule has 1 aliphatic rings. The molecule has 2 amide bonds. The van der Waals surface area contributed by atoms with Crippen LogP contribution in [0.1, 0.15) is 18.1 Å². The molecule has 0 spiro atoms. The number of rotatable bonds is 6. The summed E-state index contributed by atoms with van der Waals surface area (Å²) in [4.78, 5) is 29.5. The molecule has 6 heteroatoms. The normalized spacial score (nSPS) is 13.8. The van der Waals surface area contributed by atoms with Crippen LogP contribution in [0, 0.1) is 6.92 Å². The number of aryl methyl sites for hydroxylation is 1. The van der Waals surface area contributed by atoms with E-state index in [0.29, 0.717) is 39.1 Å². The summed E-state index contributed by atoms with van der Waals surface area (Å²) in [6, 6.07) is 21.8. The van der Waals surface area contributed by atoms with Crippen LogP contribution in [0.15, 0.2) is 82.6 Å². The zero-order valence-corrected chi connectivity index (χ0v) is 18.7. The summed E-state index contributed by atoms with van der Waals surface area (Å²) in [5, 5.41) is 0.612. The van der Waals surface area contributed by atoms with Crippen molar-refractivity contribution in [2.45, 2.75) is 18.7 Å². The van der Waals surface area contributed by atoms with Gasteiger partial charge in [-0.1, -0.05) is 53.7 Å². The standard InChI is InChI=1S/C25H20ClNO3S/c1-3-30-19-12-8-17(9-13-19)22-23(31-20-14-10-18(26)11-15-20)25(29)27(24(22)28)21-7-5-4-6-16(21)2/h4-15H,3H2,1-2H3. The summed E-state index contributed by atoms with van der Waals surface area (Å²) in [7, 11) is 0. The Morgan fingerprint density at radius 2 is 1.58 bits per heavy atom. The van der Waals surface area contributed by atoms with E-state index in [4.69, 9.17) is 16.3 Å². The minimum atomic E-state index is -0.333. The van der Waals surface area contributed by atoms with Crippen LogP contribution in [-0.4, -0.2) is 18.4 Å². The van der Waals surface area contributed by atoms with Crippen molar-refractivity contribution >= 4 is 46.4 Å². The molecule has 4 nitrogen and oxygen atoms in total. The second-order valence-corrected chi connectivity index (χ2v) is 8.47.